The van der Waals surface area contributed by atoms with Gasteiger partial charge in [0.25, 0.3) is 0 Å². The minimum atomic E-state index is -0.624. The van der Waals surface area contributed by atoms with Gasteiger partial charge in [0.15, 0.2) is 0 Å². The molecule has 1 rings (SSSR count). The highest BCUT2D eigenvalue weighted by Crippen LogP contribution is 2.41. The highest BCUT2D eigenvalue weighted by atomic mass is 16.8. The van der Waals surface area contributed by atoms with Crippen molar-refractivity contribution in [3.8, 4) is 0 Å². The molecule has 0 aromatic carbocycles. The van der Waals surface area contributed by atoms with E-state index in [1.165, 1.54) is 0 Å². The molecule has 1 fully saturated rings. The minimum Gasteiger partial charge on any atom is -0.442 e. The summed E-state index contributed by atoms with van der Waals surface area (Å²) in [5, 5.41) is 0.983. The van der Waals surface area contributed by atoms with Crippen LogP contribution in [-0.2, 0) is 14.4 Å². The Labute approximate surface area is 108 Å². The summed E-state index contributed by atoms with van der Waals surface area (Å²) in [5.41, 5.74) is -1.04. The molecule has 1 amide bonds. The van der Waals surface area contributed by atoms with Crippen LogP contribution in [0.4, 0.5) is 4.79 Å². The van der Waals surface area contributed by atoms with Crippen molar-refractivity contribution in [2.24, 2.45) is 5.41 Å². The molecule has 1 aliphatic rings. The third kappa shape index (κ3) is 3.62. The molecule has 104 valence electrons. The van der Waals surface area contributed by atoms with Crippen LogP contribution in [0.2, 0.25) is 0 Å². The maximum absolute atomic E-state index is 11.9. The average Bonchev–Trinajstić information content (AvgIpc) is 2.19. The van der Waals surface area contributed by atoms with Gasteiger partial charge in [0.2, 0.25) is 0 Å². The van der Waals surface area contributed by atoms with Gasteiger partial charge >= 0.3 is 12.1 Å². The number of carbonyl (C=O) groups is 2. The molecule has 0 spiro atoms. The Morgan fingerprint density at radius 2 is 1.83 bits per heavy atom. The van der Waals surface area contributed by atoms with Gasteiger partial charge in [-0.2, -0.15) is 0 Å². The SMILES string of the molecule is CCN(OC(=O)C1(C)CCC1)C(=O)OC(C)(C)C. The van der Waals surface area contributed by atoms with E-state index in [0.717, 1.165) is 24.3 Å². The molecule has 0 unspecified atom stereocenters. The molecule has 0 atom stereocenters. The van der Waals surface area contributed by atoms with Gasteiger partial charge in [0.05, 0.1) is 12.0 Å². The summed E-state index contributed by atoms with van der Waals surface area (Å²) >= 11 is 0. The smallest absolute Gasteiger partial charge is 0.442 e. The second-order valence-corrected chi connectivity index (χ2v) is 5.97. The topological polar surface area (TPSA) is 55.8 Å². The van der Waals surface area contributed by atoms with E-state index in [9.17, 15) is 9.59 Å². The quantitative estimate of drug-likeness (QED) is 0.714. The predicted octanol–water partition coefficient (Wildman–Crippen LogP) is 2.89. The third-order valence-electron chi connectivity index (χ3n) is 3.03. The zero-order valence-electron chi connectivity index (χ0n) is 11.9. The molecule has 0 radical (unpaired) electrons. The standard InChI is InChI=1S/C13H23NO4/c1-6-14(11(16)17-12(2,3)4)18-10(15)13(5)8-7-9-13/h6-9H2,1-5H3. The molecule has 0 aromatic heterocycles. The average molecular weight is 257 g/mol. The summed E-state index contributed by atoms with van der Waals surface area (Å²) in [6, 6.07) is 0. The van der Waals surface area contributed by atoms with E-state index in [-0.39, 0.29) is 12.5 Å². The van der Waals surface area contributed by atoms with Gasteiger partial charge in [-0.05, 0) is 47.5 Å². The van der Waals surface area contributed by atoms with Gasteiger partial charge in [-0.1, -0.05) is 6.42 Å². The first-order valence-corrected chi connectivity index (χ1v) is 6.41. The van der Waals surface area contributed by atoms with E-state index in [2.05, 4.69) is 0 Å². The highest BCUT2D eigenvalue weighted by Gasteiger charge is 2.42. The fourth-order valence-electron chi connectivity index (χ4n) is 1.67. The van der Waals surface area contributed by atoms with Crippen LogP contribution in [-0.4, -0.2) is 29.3 Å². The monoisotopic (exact) mass is 257 g/mol. The molecule has 5 heteroatoms. The van der Waals surface area contributed by atoms with Crippen molar-refractivity contribution in [1.82, 2.24) is 5.06 Å². The second kappa shape index (κ2) is 5.16. The van der Waals surface area contributed by atoms with Gasteiger partial charge in [-0.25, -0.2) is 9.59 Å². The number of nitrogens with zero attached hydrogens (tertiary/aromatic N) is 1. The van der Waals surface area contributed by atoms with E-state index >= 15 is 0 Å². The summed E-state index contributed by atoms with van der Waals surface area (Å²) in [7, 11) is 0. The van der Waals surface area contributed by atoms with Crippen molar-refractivity contribution >= 4 is 12.1 Å². The minimum absolute atomic E-state index is 0.275. The lowest BCUT2D eigenvalue weighted by Crippen LogP contribution is -2.44. The van der Waals surface area contributed by atoms with Crippen molar-refractivity contribution in [1.29, 1.82) is 0 Å². The fourth-order valence-corrected chi connectivity index (χ4v) is 1.67. The molecule has 0 aliphatic heterocycles. The van der Waals surface area contributed by atoms with E-state index < -0.39 is 17.1 Å². The van der Waals surface area contributed by atoms with E-state index in [1.807, 2.05) is 6.92 Å². The number of hydroxylamine groups is 2. The van der Waals surface area contributed by atoms with Crippen LogP contribution < -0.4 is 0 Å². The maximum Gasteiger partial charge on any atom is 0.443 e. The van der Waals surface area contributed by atoms with E-state index in [0.29, 0.717) is 0 Å². The molecule has 1 saturated carbocycles. The Morgan fingerprint density at radius 1 is 1.28 bits per heavy atom. The van der Waals surface area contributed by atoms with Crippen LogP contribution in [0.3, 0.4) is 0 Å². The van der Waals surface area contributed by atoms with Gasteiger partial charge in [0, 0.05) is 0 Å². The first kappa shape index (κ1) is 14.8. The van der Waals surface area contributed by atoms with Gasteiger partial charge < -0.3 is 9.57 Å². The second-order valence-electron chi connectivity index (χ2n) is 5.97. The summed E-state index contributed by atoms with van der Waals surface area (Å²) in [6.45, 7) is 9.19. The van der Waals surface area contributed by atoms with Crippen molar-refractivity contribution in [3.63, 3.8) is 0 Å². The fraction of sp³-hybridized carbons (Fsp3) is 0.846. The lowest BCUT2D eigenvalue weighted by atomic mass is 9.71. The van der Waals surface area contributed by atoms with E-state index in [4.69, 9.17) is 9.57 Å². The number of hydrogen-bond acceptors (Lipinski definition) is 4. The van der Waals surface area contributed by atoms with Crippen molar-refractivity contribution in [2.75, 3.05) is 6.54 Å². The first-order chi connectivity index (χ1) is 8.18. The molecular formula is C13H23NO4. The van der Waals surface area contributed by atoms with E-state index in [1.54, 1.807) is 27.7 Å². The van der Waals surface area contributed by atoms with Crippen LogP contribution in [0.15, 0.2) is 0 Å². The summed E-state index contributed by atoms with van der Waals surface area (Å²) in [6.07, 6.45) is 2.04. The zero-order chi connectivity index (χ0) is 14.0. The lowest BCUT2D eigenvalue weighted by molar-refractivity contribution is -0.199. The summed E-state index contributed by atoms with van der Waals surface area (Å²) in [4.78, 5) is 28.8. The largest absolute Gasteiger partial charge is 0.443 e. The lowest BCUT2D eigenvalue weighted by Gasteiger charge is -2.36. The third-order valence-corrected chi connectivity index (χ3v) is 3.03. The molecular weight excluding hydrogens is 234 g/mol. The molecule has 0 aromatic rings. The predicted molar refractivity (Wildman–Crippen MR) is 66.7 cm³/mol. The zero-order valence-corrected chi connectivity index (χ0v) is 11.9. The molecule has 1 aliphatic carbocycles. The number of rotatable bonds is 2. The van der Waals surface area contributed by atoms with Gasteiger partial charge in [-0.3, -0.25) is 0 Å². The Morgan fingerprint density at radius 3 is 2.17 bits per heavy atom. The molecule has 0 heterocycles. The van der Waals surface area contributed by atoms with Crippen molar-refractivity contribution in [3.05, 3.63) is 0 Å². The van der Waals surface area contributed by atoms with Crippen LogP contribution in [0.25, 0.3) is 0 Å². The Hall–Kier alpha value is -1.26. The number of amides is 1. The van der Waals surface area contributed by atoms with Crippen LogP contribution in [0.1, 0.15) is 53.9 Å². The molecule has 0 saturated heterocycles. The first-order valence-electron chi connectivity index (χ1n) is 6.41. The highest BCUT2D eigenvalue weighted by molar-refractivity contribution is 5.79. The van der Waals surface area contributed by atoms with Crippen LogP contribution >= 0.6 is 0 Å². The molecule has 5 nitrogen and oxygen atoms in total. The van der Waals surface area contributed by atoms with Crippen LogP contribution in [0.5, 0.6) is 0 Å². The molecule has 0 bridgehead atoms. The number of hydrogen-bond donors (Lipinski definition) is 0. The number of carbonyl (C=O) groups excluding carboxylic acids is 2. The summed E-state index contributed by atoms with van der Waals surface area (Å²) < 4.78 is 5.17. The number of ether oxygens (including phenoxy) is 1. The Bertz CT molecular complexity index is 328. The van der Waals surface area contributed by atoms with Crippen molar-refractivity contribution in [2.45, 2.75) is 59.5 Å². The molecule has 0 N–H and O–H groups in total. The Balaban J connectivity index is 2.56. The van der Waals surface area contributed by atoms with Gasteiger partial charge in [-0.15, -0.1) is 5.06 Å². The Kier molecular flexibility index (Phi) is 4.24. The van der Waals surface area contributed by atoms with Gasteiger partial charge in [0.1, 0.15) is 5.60 Å². The maximum atomic E-state index is 11.9. The van der Waals surface area contributed by atoms with Crippen LogP contribution in [0, 0.1) is 5.41 Å². The normalized spacial score (nSPS) is 17.6. The van der Waals surface area contributed by atoms with Crippen molar-refractivity contribution < 1.29 is 19.2 Å². The summed E-state index contributed by atoms with van der Waals surface area (Å²) in [5.74, 6) is -0.346. The molecule has 18 heavy (non-hydrogen) atoms.